The molecule has 0 aromatic heterocycles. The quantitative estimate of drug-likeness (QED) is 0.611. The van der Waals surface area contributed by atoms with E-state index in [4.69, 9.17) is 5.11 Å². The second-order valence-corrected chi connectivity index (χ2v) is 3.59. The lowest BCUT2D eigenvalue weighted by Crippen LogP contribution is -2.39. The molecule has 5 heteroatoms. The number of rotatable bonds is 1. The maximum Gasteiger partial charge on any atom is 0.317 e. The van der Waals surface area contributed by atoms with Gasteiger partial charge in [-0.25, -0.2) is 4.79 Å². The van der Waals surface area contributed by atoms with Crippen LogP contribution >= 0.6 is 0 Å². The van der Waals surface area contributed by atoms with Crippen LogP contribution < -0.4 is 5.32 Å². The molecule has 1 rings (SSSR count). The molecule has 13 heavy (non-hydrogen) atoms. The summed E-state index contributed by atoms with van der Waals surface area (Å²) in [6.45, 7) is 2.47. The van der Waals surface area contributed by atoms with Crippen LogP contribution in [0.3, 0.4) is 0 Å². The first-order valence-corrected chi connectivity index (χ1v) is 4.20. The molecule has 0 aromatic rings. The average molecular weight is 186 g/mol. The summed E-state index contributed by atoms with van der Waals surface area (Å²) in [5.74, 6) is -0.834. The Kier molecular flexibility index (Phi) is 2.45. The number of carbonyl (C=O) groups excluding carboxylic acids is 1. The van der Waals surface area contributed by atoms with Crippen LogP contribution in [0.25, 0.3) is 0 Å². The molecule has 1 aliphatic heterocycles. The van der Waals surface area contributed by atoms with Crippen molar-refractivity contribution in [3.63, 3.8) is 0 Å². The minimum atomic E-state index is -0.834. The Labute approximate surface area is 76.7 Å². The summed E-state index contributed by atoms with van der Waals surface area (Å²) in [5.41, 5.74) is -0.771. The van der Waals surface area contributed by atoms with Gasteiger partial charge in [-0.15, -0.1) is 0 Å². The van der Waals surface area contributed by atoms with Crippen LogP contribution in [0, 0.1) is 5.41 Å². The number of carbonyl (C=O) groups is 2. The lowest BCUT2D eigenvalue weighted by molar-refractivity contribution is -0.146. The van der Waals surface area contributed by atoms with Crippen LogP contribution in [-0.4, -0.2) is 42.1 Å². The lowest BCUT2D eigenvalue weighted by atomic mass is 9.90. The van der Waals surface area contributed by atoms with Crippen molar-refractivity contribution in [2.75, 3.05) is 20.1 Å². The van der Waals surface area contributed by atoms with E-state index in [1.165, 1.54) is 4.90 Å². The molecule has 0 saturated carbocycles. The SMILES string of the molecule is CNC(=O)N1CCC(C)(C(=O)O)C1. The highest BCUT2D eigenvalue weighted by Gasteiger charge is 2.41. The molecule has 0 aromatic carbocycles. The molecule has 5 nitrogen and oxygen atoms in total. The number of carboxylic acid groups (broad SMARTS) is 1. The molecule has 1 saturated heterocycles. The summed E-state index contributed by atoms with van der Waals surface area (Å²) in [5, 5.41) is 11.4. The third kappa shape index (κ3) is 1.74. The molecule has 2 amide bonds. The van der Waals surface area contributed by atoms with Crippen LogP contribution in [0.4, 0.5) is 4.79 Å². The fourth-order valence-corrected chi connectivity index (χ4v) is 1.47. The molecule has 74 valence electrons. The fraction of sp³-hybridized carbons (Fsp3) is 0.750. The number of likely N-dealkylation sites (tertiary alicyclic amines) is 1. The predicted molar refractivity (Wildman–Crippen MR) is 46.4 cm³/mol. The Morgan fingerprint density at radius 3 is 2.54 bits per heavy atom. The fourth-order valence-electron chi connectivity index (χ4n) is 1.47. The standard InChI is InChI=1S/C8H14N2O3/c1-8(6(11)12)3-4-10(5-8)7(13)9-2/h3-5H2,1-2H3,(H,9,13)(H,11,12). The van der Waals surface area contributed by atoms with Gasteiger partial charge in [0, 0.05) is 20.1 Å². The van der Waals surface area contributed by atoms with Gasteiger partial charge in [-0.1, -0.05) is 0 Å². The second-order valence-electron chi connectivity index (χ2n) is 3.59. The molecular weight excluding hydrogens is 172 g/mol. The summed E-state index contributed by atoms with van der Waals surface area (Å²) in [4.78, 5) is 23.5. The maximum atomic E-state index is 11.1. The Balaban J connectivity index is 2.63. The monoisotopic (exact) mass is 186 g/mol. The molecule has 1 unspecified atom stereocenters. The van der Waals surface area contributed by atoms with Crippen LogP contribution in [0.2, 0.25) is 0 Å². The Morgan fingerprint density at radius 1 is 1.54 bits per heavy atom. The van der Waals surface area contributed by atoms with E-state index in [1.54, 1.807) is 14.0 Å². The van der Waals surface area contributed by atoms with E-state index in [9.17, 15) is 9.59 Å². The summed E-state index contributed by atoms with van der Waals surface area (Å²) in [7, 11) is 1.54. The zero-order valence-corrected chi connectivity index (χ0v) is 7.83. The summed E-state index contributed by atoms with van der Waals surface area (Å²) < 4.78 is 0. The molecule has 1 aliphatic rings. The lowest BCUT2D eigenvalue weighted by Gasteiger charge is -2.19. The van der Waals surface area contributed by atoms with Crippen molar-refractivity contribution in [3.8, 4) is 0 Å². The number of amides is 2. The first kappa shape index (κ1) is 9.83. The minimum absolute atomic E-state index is 0.204. The second kappa shape index (κ2) is 3.24. The summed E-state index contributed by atoms with van der Waals surface area (Å²) in [6.07, 6.45) is 0.524. The first-order valence-electron chi connectivity index (χ1n) is 4.20. The number of hydrogen-bond acceptors (Lipinski definition) is 2. The smallest absolute Gasteiger partial charge is 0.317 e. The van der Waals surface area contributed by atoms with Crippen molar-refractivity contribution < 1.29 is 14.7 Å². The topological polar surface area (TPSA) is 69.6 Å². The number of nitrogens with one attached hydrogen (secondary N) is 1. The highest BCUT2D eigenvalue weighted by atomic mass is 16.4. The van der Waals surface area contributed by atoms with Crippen molar-refractivity contribution in [1.82, 2.24) is 10.2 Å². The van der Waals surface area contributed by atoms with Crippen molar-refractivity contribution >= 4 is 12.0 Å². The van der Waals surface area contributed by atoms with Gasteiger partial charge in [0.15, 0.2) is 0 Å². The number of aliphatic carboxylic acids is 1. The number of carboxylic acids is 1. The molecule has 1 atom stereocenters. The van der Waals surface area contributed by atoms with Crippen molar-refractivity contribution in [2.24, 2.45) is 5.41 Å². The third-order valence-electron chi connectivity index (χ3n) is 2.49. The highest BCUT2D eigenvalue weighted by Crippen LogP contribution is 2.29. The van der Waals surface area contributed by atoms with E-state index >= 15 is 0 Å². The largest absolute Gasteiger partial charge is 0.481 e. The highest BCUT2D eigenvalue weighted by molar-refractivity contribution is 5.79. The van der Waals surface area contributed by atoms with Crippen LogP contribution in [0.1, 0.15) is 13.3 Å². The van der Waals surface area contributed by atoms with Crippen molar-refractivity contribution in [1.29, 1.82) is 0 Å². The van der Waals surface area contributed by atoms with Crippen molar-refractivity contribution in [3.05, 3.63) is 0 Å². The Morgan fingerprint density at radius 2 is 2.15 bits per heavy atom. The number of hydrogen-bond donors (Lipinski definition) is 2. The number of urea groups is 1. The van der Waals surface area contributed by atoms with Crippen LogP contribution in [0.15, 0.2) is 0 Å². The third-order valence-corrected chi connectivity index (χ3v) is 2.49. The van der Waals surface area contributed by atoms with Gasteiger partial charge in [-0.3, -0.25) is 4.79 Å². The summed E-state index contributed by atoms with van der Waals surface area (Å²) >= 11 is 0. The van der Waals surface area contributed by atoms with Gasteiger partial charge < -0.3 is 15.3 Å². The van der Waals surface area contributed by atoms with Gasteiger partial charge in [0.1, 0.15) is 0 Å². The Hall–Kier alpha value is -1.26. The summed E-state index contributed by atoms with van der Waals surface area (Å²) in [6, 6.07) is -0.204. The van der Waals surface area contributed by atoms with Crippen LogP contribution in [-0.2, 0) is 4.79 Å². The zero-order chi connectivity index (χ0) is 10.1. The van der Waals surface area contributed by atoms with Gasteiger partial charge in [-0.05, 0) is 13.3 Å². The van der Waals surface area contributed by atoms with E-state index in [-0.39, 0.29) is 6.03 Å². The molecule has 0 radical (unpaired) electrons. The molecule has 0 bridgehead atoms. The minimum Gasteiger partial charge on any atom is -0.481 e. The van der Waals surface area contributed by atoms with Crippen LogP contribution in [0.5, 0.6) is 0 Å². The Bertz CT molecular complexity index is 242. The van der Waals surface area contributed by atoms with E-state index in [0.29, 0.717) is 19.5 Å². The molecule has 0 aliphatic carbocycles. The molecule has 2 N–H and O–H groups in total. The van der Waals surface area contributed by atoms with Gasteiger partial charge in [-0.2, -0.15) is 0 Å². The van der Waals surface area contributed by atoms with Gasteiger partial charge in [0.25, 0.3) is 0 Å². The van der Waals surface area contributed by atoms with E-state index in [0.717, 1.165) is 0 Å². The number of nitrogens with zero attached hydrogens (tertiary/aromatic N) is 1. The normalized spacial score (nSPS) is 27.4. The maximum absolute atomic E-state index is 11.1. The molecule has 0 spiro atoms. The zero-order valence-electron chi connectivity index (χ0n) is 7.83. The van der Waals surface area contributed by atoms with Gasteiger partial charge in [0.2, 0.25) is 0 Å². The van der Waals surface area contributed by atoms with Gasteiger partial charge in [0.05, 0.1) is 5.41 Å². The average Bonchev–Trinajstić information content (AvgIpc) is 2.48. The van der Waals surface area contributed by atoms with Gasteiger partial charge >= 0.3 is 12.0 Å². The molecule has 1 fully saturated rings. The first-order chi connectivity index (χ1) is 5.99. The predicted octanol–water partition coefficient (Wildman–Crippen LogP) is 0.122. The van der Waals surface area contributed by atoms with E-state index in [2.05, 4.69) is 5.32 Å². The van der Waals surface area contributed by atoms with E-state index in [1.807, 2.05) is 0 Å². The van der Waals surface area contributed by atoms with Crippen molar-refractivity contribution in [2.45, 2.75) is 13.3 Å². The van der Waals surface area contributed by atoms with E-state index < -0.39 is 11.4 Å². The molecule has 1 heterocycles. The molecular formula is C8H14N2O3.